The minimum Gasteiger partial charge on any atom is -0.444 e. The molecule has 2 amide bonds. The number of furan rings is 1. The zero-order valence-electron chi connectivity index (χ0n) is 15.0. The molecule has 0 radical (unpaired) electrons. The van der Waals surface area contributed by atoms with Crippen LogP contribution in [0, 0.1) is 0 Å². The molecule has 1 fully saturated rings. The summed E-state index contributed by atoms with van der Waals surface area (Å²) in [5.74, 6) is -0.302. The van der Waals surface area contributed by atoms with E-state index in [0.717, 1.165) is 31.5 Å². The number of hydrogen-bond acceptors (Lipinski definition) is 5. The first kappa shape index (κ1) is 18.2. The summed E-state index contributed by atoms with van der Waals surface area (Å²) in [7, 11) is 0. The van der Waals surface area contributed by atoms with E-state index >= 15 is 0 Å². The molecule has 2 aliphatic heterocycles. The van der Waals surface area contributed by atoms with Crippen molar-refractivity contribution in [1.29, 1.82) is 0 Å². The van der Waals surface area contributed by atoms with E-state index in [-0.39, 0.29) is 17.2 Å². The Balaban J connectivity index is 1.37. The van der Waals surface area contributed by atoms with Gasteiger partial charge in [-0.15, -0.1) is 0 Å². The molecule has 2 aromatic heterocycles. The molecular formula is C18H22BrN5O3. The summed E-state index contributed by atoms with van der Waals surface area (Å²) in [6.07, 6.45) is 4.32. The van der Waals surface area contributed by atoms with Gasteiger partial charge in [0.05, 0.1) is 17.6 Å². The van der Waals surface area contributed by atoms with Crippen LogP contribution in [0.5, 0.6) is 0 Å². The minimum atomic E-state index is -0.615. The number of nitrogens with one attached hydrogen (secondary N) is 3. The number of imidazole rings is 1. The van der Waals surface area contributed by atoms with E-state index in [4.69, 9.17) is 4.42 Å². The van der Waals surface area contributed by atoms with Crippen LogP contribution < -0.4 is 10.6 Å². The van der Waals surface area contributed by atoms with Crippen LogP contribution in [0.1, 0.15) is 41.7 Å². The fourth-order valence-electron chi connectivity index (χ4n) is 4.00. The standard InChI is InChI=1S/C18H22BrN5O3/c1-11(23-16(25)13-2-3-14(19)27-13)17(26)24-8-5-18(6-9-24)15-12(4-7-22-18)20-10-21-15/h2-3,10-11,22H,4-9H2,1H3,(H,20,21)(H,23,25). The van der Waals surface area contributed by atoms with Gasteiger partial charge in [0.15, 0.2) is 10.4 Å². The van der Waals surface area contributed by atoms with Gasteiger partial charge in [0.1, 0.15) is 6.04 Å². The zero-order valence-corrected chi connectivity index (χ0v) is 16.6. The van der Waals surface area contributed by atoms with E-state index in [0.29, 0.717) is 17.8 Å². The Morgan fingerprint density at radius 3 is 2.85 bits per heavy atom. The fraction of sp³-hybridized carbons (Fsp3) is 0.500. The second-order valence-corrected chi connectivity index (χ2v) is 7.89. The van der Waals surface area contributed by atoms with E-state index in [1.54, 1.807) is 25.4 Å². The number of halogens is 1. The molecule has 0 aliphatic carbocycles. The third kappa shape index (κ3) is 3.41. The first-order valence-electron chi connectivity index (χ1n) is 9.11. The maximum absolute atomic E-state index is 12.8. The van der Waals surface area contributed by atoms with Crippen LogP contribution in [-0.4, -0.2) is 52.4 Å². The molecular weight excluding hydrogens is 414 g/mol. The predicted octanol–water partition coefficient (Wildman–Crippen LogP) is 1.55. The largest absolute Gasteiger partial charge is 0.444 e. The van der Waals surface area contributed by atoms with E-state index in [9.17, 15) is 9.59 Å². The highest BCUT2D eigenvalue weighted by Crippen LogP contribution is 2.35. The average Bonchev–Trinajstić information content (AvgIpc) is 3.31. The molecule has 0 saturated carbocycles. The molecule has 3 N–H and O–H groups in total. The monoisotopic (exact) mass is 435 g/mol. The van der Waals surface area contributed by atoms with Crippen molar-refractivity contribution in [2.45, 2.75) is 37.8 Å². The highest BCUT2D eigenvalue weighted by Gasteiger charge is 2.42. The summed E-state index contributed by atoms with van der Waals surface area (Å²) in [4.78, 5) is 34.5. The first-order chi connectivity index (χ1) is 13.0. The number of nitrogens with zero attached hydrogens (tertiary/aromatic N) is 2. The number of aromatic nitrogens is 2. The molecule has 1 saturated heterocycles. The second-order valence-electron chi connectivity index (χ2n) is 7.11. The number of likely N-dealkylation sites (tertiary alicyclic amines) is 1. The summed E-state index contributed by atoms with van der Waals surface area (Å²) in [6, 6.07) is 2.60. The average molecular weight is 436 g/mol. The summed E-state index contributed by atoms with van der Waals surface area (Å²) in [6.45, 7) is 3.87. The lowest BCUT2D eigenvalue weighted by molar-refractivity contribution is -0.134. The molecule has 1 unspecified atom stereocenters. The molecule has 9 heteroatoms. The lowest BCUT2D eigenvalue weighted by Crippen LogP contribution is -2.57. The van der Waals surface area contributed by atoms with Crippen molar-refractivity contribution in [2.24, 2.45) is 0 Å². The van der Waals surface area contributed by atoms with E-state index in [2.05, 4.69) is 36.5 Å². The van der Waals surface area contributed by atoms with Crippen LogP contribution in [0.3, 0.4) is 0 Å². The summed E-state index contributed by atoms with van der Waals surface area (Å²) >= 11 is 3.17. The van der Waals surface area contributed by atoms with Crippen molar-refractivity contribution in [1.82, 2.24) is 25.5 Å². The van der Waals surface area contributed by atoms with Crippen LogP contribution in [0.15, 0.2) is 27.5 Å². The topological polar surface area (TPSA) is 103 Å². The lowest BCUT2D eigenvalue weighted by atomic mass is 9.80. The zero-order chi connectivity index (χ0) is 19.0. The Kier molecular flexibility index (Phi) is 4.81. The molecule has 4 rings (SSSR count). The number of carbonyl (C=O) groups is 2. The van der Waals surface area contributed by atoms with Gasteiger partial charge in [0.2, 0.25) is 5.91 Å². The molecule has 27 heavy (non-hydrogen) atoms. The van der Waals surface area contributed by atoms with Crippen LogP contribution in [0.25, 0.3) is 0 Å². The van der Waals surface area contributed by atoms with Crippen molar-refractivity contribution < 1.29 is 14.0 Å². The van der Waals surface area contributed by atoms with Gasteiger partial charge in [0.25, 0.3) is 5.91 Å². The smallest absolute Gasteiger partial charge is 0.287 e. The molecule has 4 heterocycles. The number of piperidine rings is 1. The van der Waals surface area contributed by atoms with Gasteiger partial charge in [-0.2, -0.15) is 0 Å². The molecule has 2 aromatic rings. The van der Waals surface area contributed by atoms with Crippen molar-refractivity contribution in [3.63, 3.8) is 0 Å². The molecule has 2 aliphatic rings. The van der Waals surface area contributed by atoms with Gasteiger partial charge in [-0.05, 0) is 47.8 Å². The van der Waals surface area contributed by atoms with Gasteiger partial charge >= 0.3 is 0 Å². The van der Waals surface area contributed by atoms with Gasteiger partial charge in [-0.3, -0.25) is 9.59 Å². The van der Waals surface area contributed by atoms with E-state index in [1.165, 1.54) is 5.69 Å². The number of rotatable bonds is 3. The maximum Gasteiger partial charge on any atom is 0.287 e. The van der Waals surface area contributed by atoms with Crippen LogP contribution in [-0.2, 0) is 16.8 Å². The van der Waals surface area contributed by atoms with Crippen molar-refractivity contribution in [3.8, 4) is 0 Å². The Hall–Kier alpha value is -2.13. The maximum atomic E-state index is 12.8. The molecule has 144 valence electrons. The number of fused-ring (bicyclic) bond motifs is 2. The molecule has 1 atom stereocenters. The number of amides is 2. The lowest BCUT2D eigenvalue weighted by Gasteiger charge is -2.44. The predicted molar refractivity (Wildman–Crippen MR) is 101 cm³/mol. The van der Waals surface area contributed by atoms with Crippen molar-refractivity contribution in [2.75, 3.05) is 19.6 Å². The minimum absolute atomic E-state index is 0.0816. The first-order valence-corrected chi connectivity index (χ1v) is 9.90. The Bertz CT molecular complexity index is 853. The van der Waals surface area contributed by atoms with E-state index in [1.807, 2.05) is 4.90 Å². The fourth-order valence-corrected chi connectivity index (χ4v) is 4.30. The van der Waals surface area contributed by atoms with Crippen LogP contribution in [0.2, 0.25) is 0 Å². The van der Waals surface area contributed by atoms with Crippen LogP contribution in [0.4, 0.5) is 0 Å². The van der Waals surface area contributed by atoms with E-state index < -0.39 is 11.9 Å². The summed E-state index contributed by atoms with van der Waals surface area (Å²) in [5.41, 5.74) is 2.13. The highest BCUT2D eigenvalue weighted by molar-refractivity contribution is 9.10. The number of carbonyl (C=O) groups excluding carboxylic acids is 2. The molecule has 1 spiro atoms. The Labute approximate surface area is 165 Å². The third-order valence-electron chi connectivity index (χ3n) is 5.45. The van der Waals surface area contributed by atoms with Gasteiger partial charge in [-0.1, -0.05) is 0 Å². The molecule has 0 bridgehead atoms. The highest BCUT2D eigenvalue weighted by atomic mass is 79.9. The normalized spacial score (nSPS) is 19.6. The van der Waals surface area contributed by atoms with Gasteiger partial charge in [-0.25, -0.2) is 4.98 Å². The summed E-state index contributed by atoms with van der Waals surface area (Å²) < 4.78 is 5.71. The molecule has 8 nitrogen and oxygen atoms in total. The van der Waals surface area contributed by atoms with Gasteiger partial charge < -0.3 is 24.9 Å². The summed E-state index contributed by atoms with van der Waals surface area (Å²) in [5, 5.41) is 6.33. The number of hydrogen-bond donors (Lipinski definition) is 3. The Morgan fingerprint density at radius 2 is 2.15 bits per heavy atom. The van der Waals surface area contributed by atoms with Crippen molar-refractivity contribution >= 4 is 27.7 Å². The third-order valence-corrected chi connectivity index (χ3v) is 5.88. The second kappa shape index (κ2) is 7.12. The quantitative estimate of drug-likeness (QED) is 0.678. The number of H-pyrrole nitrogens is 1. The van der Waals surface area contributed by atoms with Crippen LogP contribution >= 0.6 is 15.9 Å². The SMILES string of the molecule is CC(NC(=O)c1ccc(Br)o1)C(=O)N1CCC2(CC1)NCCc1[nH]cnc12. The number of aromatic amines is 1. The van der Waals surface area contributed by atoms with Crippen molar-refractivity contribution in [3.05, 3.63) is 40.3 Å². The van der Waals surface area contributed by atoms with Gasteiger partial charge in [0, 0.05) is 31.7 Å². The molecule has 0 aromatic carbocycles. The Morgan fingerprint density at radius 1 is 1.37 bits per heavy atom.